The fraction of sp³-hybridized carbons (Fsp3) is 0.778. The van der Waals surface area contributed by atoms with E-state index in [1.54, 1.807) is 0 Å². The second-order valence-corrected chi connectivity index (χ2v) is 7.31. The lowest BCUT2D eigenvalue weighted by Crippen LogP contribution is -2.44. The van der Waals surface area contributed by atoms with Gasteiger partial charge < -0.3 is 5.32 Å². The lowest BCUT2D eigenvalue weighted by atomic mass is 9.89. The summed E-state index contributed by atoms with van der Waals surface area (Å²) in [5.74, 6) is 0.919. The number of nitrogens with zero attached hydrogens (tertiary/aromatic N) is 3. The molecule has 0 aromatic carbocycles. The van der Waals surface area contributed by atoms with E-state index in [4.69, 9.17) is 0 Å². The maximum Gasteiger partial charge on any atom is 0.237 e. The Kier molecular flexibility index (Phi) is 5.36. The molecule has 2 aliphatic rings. The maximum atomic E-state index is 12.6. The van der Waals surface area contributed by atoms with E-state index in [9.17, 15) is 4.79 Å². The molecule has 3 rings (SSSR count). The molecule has 1 amide bonds. The molecular formula is C18H30N4O. The third-order valence-corrected chi connectivity index (χ3v) is 5.42. The van der Waals surface area contributed by atoms with Gasteiger partial charge in [0.05, 0.1) is 11.7 Å². The number of likely N-dealkylation sites (tertiary alicyclic amines) is 1. The van der Waals surface area contributed by atoms with E-state index >= 15 is 0 Å². The molecular weight excluding hydrogens is 288 g/mol. The molecule has 0 spiro atoms. The number of nitrogens with one attached hydrogen (secondary N) is 1. The first kappa shape index (κ1) is 16.5. The first-order valence-corrected chi connectivity index (χ1v) is 9.14. The van der Waals surface area contributed by atoms with Crippen molar-refractivity contribution in [1.82, 2.24) is 20.0 Å². The van der Waals surface area contributed by atoms with Crippen molar-refractivity contribution in [2.75, 3.05) is 13.1 Å². The standard InChI is InChI=1S/C18H30N4O/c1-14-12-21(2)20-16(14)13-22-10-6-9-17(22)18(23)19-11-15-7-4-3-5-8-15/h12,15,17H,3-11,13H2,1-2H3,(H,19,23). The molecule has 1 N–H and O–H groups in total. The van der Waals surface area contributed by atoms with E-state index in [0.717, 1.165) is 38.2 Å². The summed E-state index contributed by atoms with van der Waals surface area (Å²) in [6.07, 6.45) is 10.7. The van der Waals surface area contributed by atoms with Gasteiger partial charge in [-0.05, 0) is 50.6 Å². The van der Waals surface area contributed by atoms with Crippen molar-refractivity contribution in [2.24, 2.45) is 13.0 Å². The second-order valence-electron chi connectivity index (χ2n) is 7.31. The predicted molar refractivity (Wildman–Crippen MR) is 91.0 cm³/mol. The van der Waals surface area contributed by atoms with Gasteiger partial charge in [-0.2, -0.15) is 5.10 Å². The summed E-state index contributed by atoms with van der Waals surface area (Å²) in [4.78, 5) is 14.9. The maximum absolute atomic E-state index is 12.6. The number of rotatable bonds is 5. The van der Waals surface area contributed by atoms with Crippen LogP contribution in [0.4, 0.5) is 0 Å². The molecule has 1 aliphatic carbocycles. The van der Waals surface area contributed by atoms with E-state index in [1.807, 2.05) is 17.9 Å². The molecule has 5 heteroatoms. The molecule has 2 fully saturated rings. The van der Waals surface area contributed by atoms with Gasteiger partial charge in [-0.25, -0.2) is 0 Å². The van der Waals surface area contributed by atoms with Crippen LogP contribution in [0.3, 0.4) is 0 Å². The van der Waals surface area contributed by atoms with Crippen molar-refractivity contribution >= 4 is 5.91 Å². The van der Waals surface area contributed by atoms with E-state index in [-0.39, 0.29) is 11.9 Å². The fourth-order valence-electron chi connectivity index (χ4n) is 4.07. The summed E-state index contributed by atoms with van der Waals surface area (Å²) in [6, 6.07) is 0.0278. The Hall–Kier alpha value is -1.36. The van der Waals surface area contributed by atoms with Crippen molar-refractivity contribution in [2.45, 2.75) is 64.5 Å². The summed E-state index contributed by atoms with van der Waals surface area (Å²) >= 11 is 0. The zero-order valence-corrected chi connectivity index (χ0v) is 14.6. The first-order chi connectivity index (χ1) is 11.1. The average molecular weight is 318 g/mol. The molecule has 0 bridgehead atoms. The Balaban J connectivity index is 1.53. The molecule has 0 radical (unpaired) electrons. The molecule has 1 aliphatic heterocycles. The largest absolute Gasteiger partial charge is 0.354 e. The number of amides is 1. The van der Waals surface area contributed by atoms with Gasteiger partial charge in [-0.3, -0.25) is 14.4 Å². The van der Waals surface area contributed by atoms with Gasteiger partial charge in [0.15, 0.2) is 0 Å². The smallest absolute Gasteiger partial charge is 0.237 e. The van der Waals surface area contributed by atoms with Gasteiger partial charge >= 0.3 is 0 Å². The summed E-state index contributed by atoms with van der Waals surface area (Å²) in [5, 5.41) is 7.75. The van der Waals surface area contributed by atoms with Crippen LogP contribution in [0.25, 0.3) is 0 Å². The van der Waals surface area contributed by atoms with Crippen molar-refractivity contribution in [3.63, 3.8) is 0 Å². The van der Waals surface area contributed by atoms with Crippen LogP contribution in [0.15, 0.2) is 6.20 Å². The highest BCUT2D eigenvalue weighted by molar-refractivity contribution is 5.82. The van der Waals surface area contributed by atoms with Crippen molar-refractivity contribution < 1.29 is 4.79 Å². The molecule has 1 aromatic rings. The van der Waals surface area contributed by atoms with Crippen LogP contribution in [0, 0.1) is 12.8 Å². The van der Waals surface area contributed by atoms with Gasteiger partial charge in [0.1, 0.15) is 0 Å². The van der Waals surface area contributed by atoms with Crippen LogP contribution in [0.2, 0.25) is 0 Å². The first-order valence-electron chi connectivity index (χ1n) is 9.14. The highest BCUT2D eigenvalue weighted by Gasteiger charge is 2.31. The van der Waals surface area contributed by atoms with Crippen LogP contribution in [-0.2, 0) is 18.4 Å². The number of carbonyl (C=O) groups excluding carboxylic acids is 1. The van der Waals surface area contributed by atoms with Crippen molar-refractivity contribution in [1.29, 1.82) is 0 Å². The van der Waals surface area contributed by atoms with Gasteiger partial charge in [0.2, 0.25) is 5.91 Å². The lowest BCUT2D eigenvalue weighted by Gasteiger charge is -2.26. The topological polar surface area (TPSA) is 50.2 Å². The molecule has 128 valence electrons. The van der Waals surface area contributed by atoms with Gasteiger partial charge in [-0.1, -0.05) is 19.3 Å². The Morgan fingerprint density at radius 3 is 2.74 bits per heavy atom. The quantitative estimate of drug-likeness (QED) is 0.907. The van der Waals surface area contributed by atoms with Crippen LogP contribution in [-0.4, -0.2) is 39.7 Å². The zero-order valence-electron chi connectivity index (χ0n) is 14.6. The molecule has 1 saturated carbocycles. The number of aromatic nitrogens is 2. The van der Waals surface area contributed by atoms with Crippen LogP contribution >= 0.6 is 0 Å². The normalized spacial score (nSPS) is 23.3. The van der Waals surface area contributed by atoms with Gasteiger partial charge in [-0.15, -0.1) is 0 Å². The number of carbonyl (C=O) groups is 1. The molecule has 5 nitrogen and oxygen atoms in total. The summed E-state index contributed by atoms with van der Waals surface area (Å²) < 4.78 is 1.86. The van der Waals surface area contributed by atoms with E-state index < -0.39 is 0 Å². The predicted octanol–water partition coefficient (Wildman–Crippen LogP) is 2.39. The monoisotopic (exact) mass is 318 g/mol. The minimum absolute atomic E-state index is 0.0278. The summed E-state index contributed by atoms with van der Waals surface area (Å²) in [5.41, 5.74) is 2.31. The molecule has 1 saturated heterocycles. The Morgan fingerprint density at radius 1 is 1.26 bits per heavy atom. The van der Waals surface area contributed by atoms with Crippen molar-refractivity contribution in [3.8, 4) is 0 Å². The van der Waals surface area contributed by atoms with Crippen LogP contribution in [0.1, 0.15) is 56.2 Å². The molecule has 1 atom stereocenters. The highest BCUT2D eigenvalue weighted by atomic mass is 16.2. The van der Waals surface area contributed by atoms with Crippen LogP contribution in [0.5, 0.6) is 0 Å². The summed E-state index contributed by atoms with van der Waals surface area (Å²) in [6.45, 7) is 4.74. The zero-order chi connectivity index (χ0) is 16.2. The third-order valence-electron chi connectivity index (χ3n) is 5.42. The average Bonchev–Trinajstić information content (AvgIpc) is 3.13. The third kappa shape index (κ3) is 4.14. The lowest BCUT2D eigenvalue weighted by molar-refractivity contribution is -0.125. The minimum Gasteiger partial charge on any atom is -0.354 e. The van der Waals surface area contributed by atoms with E-state index in [1.165, 1.54) is 37.7 Å². The molecule has 2 heterocycles. The fourth-order valence-corrected chi connectivity index (χ4v) is 4.07. The SMILES string of the molecule is Cc1cn(C)nc1CN1CCCC1C(=O)NCC1CCCCC1. The molecule has 23 heavy (non-hydrogen) atoms. The second kappa shape index (κ2) is 7.47. The van der Waals surface area contributed by atoms with Crippen molar-refractivity contribution in [3.05, 3.63) is 17.5 Å². The minimum atomic E-state index is 0.0278. The van der Waals surface area contributed by atoms with Gasteiger partial charge in [0.25, 0.3) is 0 Å². The number of hydrogen-bond donors (Lipinski definition) is 1. The van der Waals surface area contributed by atoms with E-state index in [2.05, 4.69) is 22.2 Å². The van der Waals surface area contributed by atoms with Gasteiger partial charge in [0, 0.05) is 26.3 Å². The Bertz CT molecular complexity index is 533. The highest BCUT2D eigenvalue weighted by Crippen LogP contribution is 2.24. The summed E-state index contributed by atoms with van der Waals surface area (Å²) in [7, 11) is 1.95. The molecule has 1 aromatic heterocycles. The number of hydrogen-bond acceptors (Lipinski definition) is 3. The Morgan fingerprint density at radius 2 is 2.04 bits per heavy atom. The van der Waals surface area contributed by atoms with Crippen LogP contribution < -0.4 is 5.32 Å². The Labute approximate surface area is 139 Å². The number of aryl methyl sites for hydroxylation is 2. The molecule has 1 unspecified atom stereocenters. The van der Waals surface area contributed by atoms with E-state index in [0.29, 0.717) is 5.92 Å².